The van der Waals surface area contributed by atoms with Crippen molar-refractivity contribution in [3.8, 4) is 0 Å². The molecule has 0 aromatic carbocycles. The minimum absolute atomic E-state index is 0.00548. The van der Waals surface area contributed by atoms with E-state index in [9.17, 15) is 0 Å². The maximum atomic E-state index is 5.58. The molecule has 0 aromatic rings. The van der Waals surface area contributed by atoms with Gasteiger partial charge in [-0.25, -0.2) is 14.0 Å². The Balaban J connectivity index is 3.39. The molecule has 1 heterocycles. The first kappa shape index (κ1) is 20.2. The van der Waals surface area contributed by atoms with E-state index < -0.39 is 7.51 Å². The van der Waals surface area contributed by atoms with Gasteiger partial charge in [-0.3, -0.25) is 4.74 Å². The summed E-state index contributed by atoms with van der Waals surface area (Å²) in [5.41, 5.74) is 0.293. The lowest BCUT2D eigenvalue weighted by Gasteiger charge is -2.51. The van der Waals surface area contributed by atoms with Gasteiger partial charge in [-0.05, 0) is 46.2 Å². The molecule has 0 radical (unpaired) electrons. The highest BCUT2D eigenvalue weighted by atomic mass is 31.2. The first-order valence-electron chi connectivity index (χ1n) is 8.80. The monoisotopic (exact) mass is 330 g/mol. The van der Waals surface area contributed by atoms with Crippen molar-refractivity contribution in [3.05, 3.63) is 0 Å². The first-order valence-corrected chi connectivity index (χ1v) is 10.4. The van der Waals surface area contributed by atoms with Crippen molar-refractivity contribution in [3.63, 3.8) is 0 Å². The zero-order valence-electron chi connectivity index (χ0n) is 16.5. The summed E-state index contributed by atoms with van der Waals surface area (Å²) in [6, 6.07) is 0. The molecule has 22 heavy (non-hydrogen) atoms. The topological polar surface area (TPSA) is 22.1 Å². The van der Waals surface area contributed by atoms with Crippen molar-refractivity contribution in [1.82, 2.24) is 14.0 Å². The highest BCUT2D eigenvalue weighted by Crippen LogP contribution is 2.61. The number of rotatable bonds is 5. The molecule has 5 heteroatoms. The van der Waals surface area contributed by atoms with E-state index >= 15 is 0 Å². The van der Waals surface area contributed by atoms with E-state index in [-0.39, 0.29) is 5.54 Å². The van der Waals surface area contributed by atoms with Crippen LogP contribution in [0.2, 0.25) is 0 Å². The maximum absolute atomic E-state index is 5.58. The fraction of sp³-hybridized carbons (Fsp3) is 1.00. The zero-order valence-corrected chi connectivity index (χ0v) is 17.4. The maximum Gasteiger partial charge on any atom is 0.167 e. The molecule has 0 bridgehead atoms. The summed E-state index contributed by atoms with van der Waals surface area (Å²) in [6.07, 6.45) is 2.36. The van der Waals surface area contributed by atoms with E-state index in [1.165, 1.54) is 6.42 Å². The van der Waals surface area contributed by atoms with Crippen molar-refractivity contribution in [2.75, 3.05) is 40.3 Å². The van der Waals surface area contributed by atoms with Crippen molar-refractivity contribution >= 4 is 7.51 Å². The molecule has 1 aliphatic heterocycles. The second-order valence-corrected chi connectivity index (χ2v) is 11.6. The lowest BCUT2D eigenvalue weighted by Crippen LogP contribution is -2.44. The van der Waals surface area contributed by atoms with Crippen molar-refractivity contribution in [1.29, 1.82) is 0 Å². The van der Waals surface area contributed by atoms with Crippen LogP contribution in [0.4, 0.5) is 0 Å². The Morgan fingerprint density at radius 3 is 1.77 bits per heavy atom. The summed E-state index contributed by atoms with van der Waals surface area (Å²) in [5.74, 6) is 0. The van der Waals surface area contributed by atoms with Crippen LogP contribution in [0.3, 0.4) is 0 Å². The third-order valence-electron chi connectivity index (χ3n) is 4.36. The zero-order chi connectivity index (χ0) is 17.2. The lowest BCUT2D eigenvalue weighted by molar-refractivity contribution is 0.273. The molecule has 0 N–H and O–H groups in total. The molecule has 1 rings (SSSR count). The Kier molecular flexibility index (Phi) is 6.72. The van der Waals surface area contributed by atoms with Gasteiger partial charge in [0.15, 0.2) is 7.51 Å². The van der Waals surface area contributed by atoms with E-state index in [1.54, 1.807) is 0 Å². The highest BCUT2D eigenvalue weighted by molar-refractivity contribution is 7.59. The number of nitrogens with zero attached hydrogens (tertiary/aromatic N) is 4. The molecule has 1 saturated heterocycles. The predicted molar refractivity (Wildman–Crippen MR) is 100 cm³/mol. The Morgan fingerprint density at radius 1 is 0.955 bits per heavy atom. The van der Waals surface area contributed by atoms with E-state index in [0.717, 1.165) is 32.6 Å². The largest absolute Gasteiger partial charge is 0.254 e. The Hall–Kier alpha value is 0.110. The van der Waals surface area contributed by atoms with Crippen molar-refractivity contribution in [2.45, 2.75) is 66.8 Å². The predicted octanol–water partition coefficient (Wildman–Crippen LogP) is 4.76. The SMILES string of the molecule is CCN(CC)P1(=NC(C)(C)CC(C)(C)C)N(C)CCCN1C. The van der Waals surface area contributed by atoms with Crippen LogP contribution in [0, 0.1) is 5.41 Å². The molecule has 0 aliphatic carbocycles. The Labute approximate surface area is 139 Å². The smallest absolute Gasteiger partial charge is 0.167 e. The van der Waals surface area contributed by atoms with E-state index in [4.69, 9.17) is 4.74 Å². The summed E-state index contributed by atoms with van der Waals surface area (Å²) in [5, 5.41) is 0. The van der Waals surface area contributed by atoms with Crippen LogP contribution in [0.25, 0.3) is 0 Å². The quantitative estimate of drug-likeness (QED) is 0.679. The van der Waals surface area contributed by atoms with Gasteiger partial charge in [0.1, 0.15) is 0 Å². The van der Waals surface area contributed by atoms with Gasteiger partial charge in [0.05, 0.1) is 5.54 Å². The second kappa shape index (κ2) is 7.34. The van der Waals surface area contributed by atoms with Gasteiger partial charge in [-0.1, -0.05) is 34.6 Å². The fourth-order valence-electron chi connectivity index (χ4n) is 4.00. The molecule has 4 nitrogen and oxygen atoms in total. The van der Waals surface area contributed by atoms with Gasteiger partial charge >= 0.3 is 0 Å². The van der Waals surface area contributed by atoms with Crippen molar-refractivity contribution < 1.29 is 0 Å². The molecule has 132 valence electrons. The molecule has 0 spiro atoms. The highest BCUT2D eigenvalue weighted by Gasteiger charge is 2.40. The van der Waals surface area contributed by atoms with Gasteiger partial charge in [-0.2, -0.15) is 0 Å². The molecule has 0 unspecified atom stereocenters. The van der Waals surface area contributed by atoms with Crippen LogP contribution in [0.5, 0.6) is 0 Å². The van der Waals surface area contributed by atoms with Gasteiger partial charge in [0, 0.05) is 26.2 Å². The molecular weight excluding hydrogens is 291 g/mol. The van der Waals surface area contributed by atoms with Crippen LogP contribution >= 0.6 is 7.51 Å². The van der Waals surface area contributed by atoms with Gasteiger partial charge in [0.25, 0.3) is 0 Å². The fourth-order valence-corrected chi connectivity index (χ4v) is 8.20. The summed E-state index contributed by atoms with van der Waals surface area (Å²) in [7, 11) is 2.79. The standard InChI is InChI=1S/C17H39N4P/c1-10-21(11-2)22(19(8)13-12-14-20(22)9)18-17(6,7)15-16(3,4)5/h10-15H2,1-9H3. The number of hydrogen-bond donors (Lipinski definition) is 0. The summed E-state index contributed by atoms with van der Waals surface area (Å²) < 4.78 is 13.3. The minimum atomic E-state index is -1.77. The molecule has 0 aromatic heterocycles. The van der Waals surface area contributed by atoms with Crippen LogP contribution in [0.1, 0.15) is 61.3 Å². The minimum Gasteiger partial charge on any atom is -0.254 e. The molecule has 0 atom stereocenters. The van der Waals surface area contributed by atoms with E-state index in [2.05, 4.69) is 76.6 Å². The molecule has 0 saturated carbocycles. The van der Waals surface area contributed by atoms with Gasteiger partial charge < -0.3 is 0 Å². The third-order valence-corrected chi connectivity index (χ3v) is 8.72. The second-order valence-electron chi connectivity index (χ2n) is 8.44. The summed E-state index contributed by atoms with van der Waals surface area (Å²) in [6.45, 7) is 20.6. The first-order chi connectivity index (χ1) is 9.98. The molecule has 1 fully saturated rings. The van der Waals surface area contributed by atoms with Crippen LogP contribution < -0.4 is 0 Å². The average Bonchev–Trinajstić information content (AvgIpc) is 2.33. The molecular formula is C17H39N4P. The summed E-state index contributed by atoms with van der Waals surface area (Å²) in [4.78, 5) is 0. The number of hydrogen-bond acceptors (Lipinski definition) is 1. The third kappa shape index (κ3) is 4.56. The van der Waals surface area contributed by atoms with Crippen molar-refractivity contribution in [2.24, 2.45) is 10.2 Å². The Morgan fingerprint density at radius 2 is 1.41 bits per heavy atom. The van der Waals surface area contributed by atoms with Crippen LogP contribution in [-0.4, -0.2) is 59.8 Å². The average molecular weight is 331 g/mol. The van der Waals surface area contributed by atoms with Gasteiger partial charge in [0.2, 0.25) is 0 Å². The Bertz CT molecular complexity index is 393. The van der Waals surface area contributed by atoms with E-state index in [1.807, 2.05) is 0 Å². The van der Waals surface area contributed by atoms with Gasteiger partial charge in [-0.15, -0.1) is 0 Å². The lowest BCUT2D eigenvalue weighted by atomic mass is 9.82. The molecule has 1 aliphatic rings. The normalized spacial score (nSPS) is 21.4. The van der Waals surface area contributed by atoms with Crippen LogP contribution in [-0.2, 0) is 0 Å². The molecule has 0 amide bonds. The van der Waals surface area contributed by atoms with Crippen LogP contribution in [0.15, 0.2) is 4.74 Å². The summed E-state index contributed by atoms with van der Waals surface area (Å²) >= 11 is 0. The van der Waals surface area contributed by atoms with E-state index in [0.29, 0.717) is 5.41 Å².